The van der Waals surface area contributed by atoms with Gasteiger partial charge in [-0.3, -0.25) is 14.7 Å². The molecule has 1 N–H and O–H groups in total. The SMILES string of the molecule is CC(C)N(Cc1nc2ccccc2c(=O)[nH]1)Cc1ccccc1Oc1cccnc1. The number of nitrogens with zero attached hydrogens (tertiary/aromatic N) is 3. The second kappa shape index (κ2) is 8.88. The number of fused-ring (bicyclic) bond motifs is 1. The molecular weight excluding hydrogens is 376 g/mol. The van der Waals surface area contributed by atoms with Crippen LogP contribution in [0.5, 0.6) is 11.5 Å². The Morgan fingerprint density at radius 3 is 2.60 bits per heavy atom. The molecule has 152 valence electrons. The largest absolute Gasteiger partial charge is 0.455 e. The molecule has 0 saturated carbocycles. The number of hydrogen-bond donors (Lipinski definition) is 1. The number of aromatic nitrogens is 3. The predicted octanol–water partition coefficient (Wildman–Crippen LogP) is 4.52. The Morgan fingerprint density at radius 2 is 1.80 bits per heavy atom. The Bertz CT molecular complexity index is 1190. The van der Waals surface area contributed by atoms with E-state index in [0.717, 1.165) is 11.3 Å². The van der Waals surface area contributed by atoms with Crippen molar-refractivity contribution in [1.29, 1.82) is 0 Å². The average Bonchev–Trinajstić information content (AvgIpc) is 2.75. The third kappa shape index (κ3) is 4.55. The fourth-order valence-electron chi connectivity index (χ4n) is 3.31. The third-order valence-corrected chi connectivity index (χ3v) is 4.95. The summed E-state index contributed by atoms with van der Waals surface area (Å²) in [4.78, 5) is 26.4. The van der Waals surface area contributed by atoms with E-state index in [0.29, 0.717) is 35.6 Å². The van der Waals surface area contributed by atoms with E-state index in [1.165, 1.54) is 0 Å². The van der Waals surface area contributed by atoms with Crippen molar-refractivity contribution in [3.63, 3.8) is 0 Å². The molecule has 2 heterocycles. The molecule has 0 amide bonds. The number of para-hydroxylation sites is 2. The Morgan fingerprint density at radius 1 is 1.00 bits per heavy atom. The summed E-state index contributed by atoms with van der Waals surface area (Å²) in [5.41, 5.74) is 1.65. The number of aromatic amines is 1. The maximum absolute atomic E-state index is 12.4. The molecule has 30 heavy (non-hydrogen) atoms. The van der Waals surface area contributed by atoms with Crippen LogP contribution in [0.4, 0.5) is 0 Å². The van der Waals surface area contributed by atoms with E-state index >= 15 is 0 Å². The van der Waals surface area contributed by atoms with Crippen LogP contribution in [-0.2, 0) is 13.1 Å². The minimum absolute atomic E-state index is 0.111. The number of rotatable bonds is 7. The summed E-state index contributed by atoms with van der Waals surface area (Å²) in [5, 5.41) is 0.604. The predicted molar refractivity (Wildman–Crippen MR) is 117 cm³/mol. The summed E-state index contributed by atoms with van der Waals surface area (Å²) in [6.07, 6.45) is 3.41. The molecule has 4 aromatic rings. The van der Waals surface area contributed by atoms with Crippen LogP contribution in [0.1, 0.15) is 25.2 Å². The molecular formula is C24H24N4O2. The van der Waals surface area contributed by atoms with Gasteiger partial charge in [0.15, 0.2) is 0 Å². The summed E-state index contributed by atoms with van der Waals surface area (Å²) < 4.78 is 6.05. The molecule has 0 saturated heterocycles. The van der Waals surface area contributed by atoms with Crippen LogP contribution in [0.15, 0.2) is 77.9 Å². The lowest BCUT2D eigenvalue weighted by Gasteiger charge is -2.27. The molecule has 0 atom stereocenters. The van der Waals surface area contributed by atoms with Crippen molar-refractivity contribution in [3.05, 3.63) is 94.8 Å². The van der Waals surface area contributed by atoms with Crippen LogP contribution < -0.4 is 10.3 Å². The maximum Gasteiger partial charge on any atom is 0.258 e. The minimum atomic E-state index is -0.111. The van der Waals surface area contributed by atoms with Crippen molar-refractivity contribution in [1.82, 2.24) is 19.9 Å². The van der Waals surface area contributed by atoms with E-state index < -0.39 is 0 Å². The van der Waals surface area contributed by atoms with Crippen molar-refractivity contribution in [2.75, 3.05) is 0 Å². The molecule has 0 unspecified atom stereocenters. The summed E-state index contributed by atoms with van der Waals surface area (Å²) in [6, 6.07) is 19.3. The Balaban J connectivity index is 1.59. The summed E-state index contributed by atoms with van der Waals surface area (Å²) in [7, 11) is 0. The molecule has 6 heteroatoms. The van der Waals surface area contributed by atoms with Gasteiger partial charge in [-0.1, -0.05) is 30.3 Å². The van der Waals surface area contributed by atoms with Crippen LogP contribution in [0.3, 0.4) is 0 Å². The first-order valence-electron chi connectivity index (χ1n) is 9.98. The Labute approximate surface area is 175 Å². The van der Waals surface area contributed by atoms with Crippen LogP contribution in [0.2, 0.25) is 0 Å². The van der Waals surface area contributed by atoms with Gasteiger partial charge in [-0.2, -0.15) is 0 Å². The quantitative estimate of drug-likeness (QED) is 0.494. The summed E-state index contributed by atoms with van der Waals surface area (Å²) in [6.45, 7) is 5.44. The van der Waals surface area contributed by atoms with Gasteiger partial charge in [0.25, 0.3) is 5.56 Å². The van der Waals surface area contributed by atoms with Crippen LogP contribution >= 0.6 is 0 Å². The fourth-order valence-corrected chi connectivity index (χ4v) is 3.31. The van der Waals surface area contributed by atoms with E-state index in [4.69, 9.17) is 4.74 Å². The van der Waals surface area contributed by atoms with Crippen LogP contribution in [0, 0.1) is 0 Å². The van der Waals surface area contributed by atoms with Gasteiger partial charge in [-0.25, -0.2) is 4.98 Å². The molecule has 2 aromatic heterocycles. The number of H-pyrrole nitrogens is 1. The maximum atomic E-state index is 12.4. The smallest absolute Gasteiger partial charge is 0.258 e. The van der Waals surface area contributed by atoms with Gasteiger partial charge >= 0.3 is 0 Å². The number of hydrogen-bond acceptors (Lipinski definition) is 5. The third-order valence-electron chi connectivity index (χ3n) is 4.95. The fraction of sp³-hybridized carbons (Fsp3) is 0.208. The number of benzene rings is 2. The van der Waals surface area contributed by atoms with E-state index in [9.17, 15) is 4.79 Å². The first kappa shape index (κ1) is 19.8. The second-order valence-electron chi connectivity index (χ2n) is 7.43. The highest BCUT2D eigenvalue weighted by atomic mass is 16.5. The molecule has 0 fully saturated rings. The number of pyridine rings is 1. The van der Waals surface area contributed by atoms with Gasteiger partial charge in [0.2, 0.25) is 0 Å². The highest BCUT2D eigenvalue weighted by Gasteiger charge is 2.16. The zero-order chi connectivity index (χ0) is 20.9. The van der Waals surface area contributed by atoms with Gasteiger partial charge < -0.3 is 9.72 Å². The van der Waals surface area contributed by atoms with E-state index in [1.807, 2.05) is 48.5 Å². The van der Waals surface area contributed by atoms with E-state index in [1.54, 1.807) is 18.5 Å². The number of nitrogens with one attached hydrogen (secondary N) is 1. The van der Waals surface area contributed by atoms with Crippen molar-refractivity contribution >= 4 is 10.9 Å². The average molecular weight is 400 g/mol. The Hall–Kier alpha value is -3.51. The highest BCUT2D eigenvalue weighted by molar-refractivity contribution is 5.77. The standard InChI is InChI=1S/C24H24N4O2/c1-17(2)28(16-23-26-21-11-5-4-10-20(21)24(29)27-23)15-18-8-3-6-12-22(18)30-19-9-7-13-25-14-19/h3-14,17H,15-16H2,1-2H3,(H,26,27,29). The van der Waals surface area contributed by atoms with E-state index in [-0.39, 0.29) is 11.6 Å². The van der Waals surface area contributed by atoms with Crippen molar-refractivity contribution in [3.8, 4) is 11.5 Å². The highest BCUT2D eigenvalue weighted by Crippen LogP contribution is 2.26. The van der Waals surface area contributed by atoms with Gasteiger partial charge in [-0.15, -0.1) is 0 Å². The van der Waals surface area contributed by atoms with Gasteiger partial charge in [0, 0.05) is 24.3 Å². The monoisotopic (exact) mass is 400 g/mol. The molecule has 6 nitrogen and oxygen atoms in total. The first-order valence-corrected chi connectivity index (χ1v) is 9.98. The topological polar surface area (TPSA) is 71.1 Å². The van der Waals surface area contributed by atoms with Gasteiger partial charge in [0.05, 0.1) is 23.6 Å². The summed E-state index contributed by atoms with van der Waals surface area (Å²) in [5.74, 6) is 2.13. The van der Waals surface area contributed by atoms with Crippen LogP contribution in [0.25, 0.3) is 10.9 Å². The lowest BCUT2D eigenvalue weighted by atomic mass is 10.1. The van der Waals surface area contributed by atoms with Crippen molar-refractivity contribution in [2.45, 2.75) is 33.0 Å². The zero-order valence-electron chi connectivity index (χ0n) is 17.1. The first-order chi connectivity index (χ1) is 14.6. The van der Waals surface area contributed by atoms with Gasteiger partial charge in [0.1, 0.15) is 17.3 Å². The molecule has 0 aliphatic rings. The lowest BCUT2D eigenvalue weighted by molar-refractivity contribution is 0.196. The second-order valence-corrected chi connectivity index (χ2v) is 7.43. The molecule has 4 rings (SSSR count). The molecule has 0 spiro atoms. The zero-order valence-corrected chi connectivity index (χ0v) is 17.1. The van der Waals surface area contributed by atoms with Crippen LogP contribution in [-0.4, -0.2) is 25.9 Å². The summed E-state index contributed by atoms with van der Waals surface area (Å²) >= 11 is 0. The molecule has 0 bridgehead atoms. The van der Waals surface area contributed by atoms with Crippen molar-refractivity contribution in [2.24, 2.45) is 0 Å². The molecule has 2 aromatic carbocycles. The van der Waals surface area contributed by atoms with E-state index in [2.05, 4.69) is 39.8 Å². The van der Waals surface area contributed by atoms with Crippen molar-refractivity contribution < 1.29 is 4.74 Å². The minimum Gasteiger partial charge on any atom is -0.455 e. The number of ether oxygens (including phenoxy) is 1. The molecule has 0 aliphatic heterocycles. The lowest BCUT2D eigenvalue weighted by Crippen LogP contribution is -2.31. The van der Waals surface area contributed by atoms with Gasteiger partial charge in [-0.05, 0) is 44.2 Å². The normalized spacial score (nSPS) is 11.3. The molecule has 0 radical (unpaired) electrons. The Kier molecular flexibility index (Phi) is 5.86. The molecule has 0 aliphatic carbocycles.